The zero-order valence-electron chi connectivity index (χ0n) is 38.8. The summed E-state index contributed by atoms with van der Waals surface area (Å²) in [4.78, 5) is 28.5. The first-order valence-corrected chi connectivity index (χ1v) is 26.0. The lowest BCUT2D eigenvalue weighted by molar-refractivity contribution is 0.176. The molecule has 4 unspecified atom stereocenters. The number of hydrogen-bond acceptors (Lipinski definition) is 22. The summed E-state index contributed by atoms with van der Waals surface area (Å²) in [5, 5.41) is 52.7. The Morgan fingerprint density at radius 2 is 0.764 bits per heavy atom. The number of aliphatic hydroxyl groups is 4. The molecule has 0 saturated carbocycles. The summed E-state index contributed by atoms with van der Waals surface area (Å²) in [5.74, 6) is -0.109. The van der Waals surface area contributed by atoms with Crippen LogP contribution in [0.25, 0.3) is 12.2 Å². The monoisotopic (exact) mass is 1050 g/mol. The first-order valence-electron chi connectivity index (χ1n) is 21.6. The number of benzene rings is 4. The highest BCUT2D eigenvalue weighted by atomic mass is 32.2. The van der Waals surface area contributed by atoms with E-state index in [-0.39, 0.29) is 82.9 Å². The van der Waals surface area contributed by atoms with Gasteiger partial charge in [0, 0.05) is 48.9 Å². The van der Waals surface area contributed by atoms with Gasteiger partial charge in [0.25, 0.3) is 30.4 Å². The molecule has 0 aliphatic rings. The van der Waals surface area contributed by atoms with Crippen molar-refractivity contribution in [2.75, 3.05) is 57.2 Å². The summed E-state index contributed by atoms with van der Waals surface area (Å²) < 4.78 is 101. The average molecular weight is 1050 g/mol. The first-order chi connectivity index (χ1) is 33.8. The van der Waals surface area contributed by atoms with E-state index >= 15 is 0 Å². The van der Waals surface area contributed by atoms with Crippen LogP contribution in [0.1, 0.15) is 38.8 Å². The molecule has 0 amide bonds. The van der Waals surface area contributed by atoms with Crippen molar-refractivity contribution in [2.45, 2.75) is 66.8 Å². The van der Waals surface area contributed by atoms with E-state index in [0.29, 0.717) is 22.6 Å². The van der Waals surface area contributed by atoms with Crippen molar-refractivity contribution < 1.29 is 59.3 Å². The van der Waals surface area contributed by atoms with E-state index in [2.05, 4.69) is 51.2 Å². The second-order valence-corrected chi connectivity index (χ2v) is 20.7. The van der Waals surface area contributed by atoms with E-state index in [1.807, 2.05) is 0 Å². The van der Waals surface area contributed by atoms with E-state index in [1.54, 1.807) is 49.1 Å². The lowest BCUT2D eigenvalue weighted by Gasteiger charge is -2.26. The van der Waals surface area contributed by atoms with Crippen molar-refractivity contribution in [3.63, 3.8) is 0 Å². The van der Waals surface area contributed by atoms with E-state index in [0.717, 1.165) is 18.2 Å². The lowest BCUT2D eigenvalue weighted by Crippen LogP contribution is -2.37. The van der Waals surface area contributed by atoms with Crippen LogP contribution in [0, 0.1) is 0 Å². The predicted molar refractivity (Wildman–Crippen MR) is 268 cm³/mol. The minimum absolute atomic E-state index is 0.00908. The highest BCUT2D eigenvalue weighted by molar-refractivity contribution is 7.86. The molecular formula is C44H52N12O13S3. The summed E-state index contributed by atoms with van der Waals surface area (Å²) in [6.07, 6.45) is -0.384. The number of aliphatic hydroxyl groups excluding tert-OH is 4. The van der Waals surface area contributed by atoms with Gasteiger partial charge in [0.15, 0.2) is 0 Å². The van der Waals surface area contributed by atoms with Crippen molar-refractivity contribution in [2.24, 2.45) is 0 Å². The normalized spacial score (nSPS) is 13.8. The van der Waals surface area contributed by atoms with Gasteiger partial charge in [-0.2, -0.15) is 55.2 Å². The van der Waals surface area contributed by atoms with Gasteiger partial charge in [0.2, 0.25) is 35.7 Å². The molecule has 0 saturated heterocycles. The molecule has 6 rings (SSSR count). The van der Waals surface area contributed by atoms with Gasteiger partial charge in [0.1, 0.15) is 4.90 Å². The van der Waals surface area contributed by atoms with E-state index in [4.69, 9.17) is 0 Å². The van der Waals surface area contributed by atoms with Crippen LogP contribution in [-0.2, 0) is 30.4 Å². The maximum absolute atomic E-state index is 12.8. The van der Waals surface area contributed by atoms with Crippen molar-refractivity contribution in [3.05, 3.63) is 102 Å². The number of anilines is 10. The molecular weight excluding hydrogens is 1000 g/mol. The zero-order valence-corrected chi connectivity index (χ0v) is 41.3. The van der Waals surface area contributed by atoms with Crippen molar-refractivity contribution in [3.8, 4) is 0 Å². The van der Waals surface area contributed by atoms with Crippen LogP contribution in [0.5, 0.6) is 0 Å². The fourth-order valence-electron chi connectivity index (χ4n) is 6.76. The summed E-state index contributed by atoms with van der Waals surface area (Å²) in [6, 6.07) is 21.0. The van der Waals surface area contributed by atoms with Gasteiger partial charge in [-0.05, 0) is 112 Å². The van der Waals surface area contributed by atoms with Crippen molar-refractivity contribution >= 4 is 101 Å². The van der Waals surface area contributed by atoms with Crippen LogP contribution >= 0.6 is 0 Å². The molecule has 0 bridgehead atoms. The molecule has 0 aliphatic carbocycles. The minimum Gasteiger partial charge on any atom is -0.392 e. The Kier molecular flexibility index (Phi) is 17.4. The minimum atomic E-state index is -4.84. The second-order valence-electron chi connectivity index (χ2n) is 16.5. The SMILES string of the molecule is CC(O)CN(CC(C)O)c1nc(Nc2ccc(/C=C/c3ccc(Nc4nc(Nc5ccc(S(=O)(=O)O)cc5)nc(N(CC(C)O)CC(C)O)n4)cc3S(=O)(=O)O)cc2)nc(Nc2ccc(S(=O)(=O)O)cc2)n1. The molecule has 0 aliphatic heterocycles. The van der Waals surface area contributed by atoms with Gasteiger partial charge >= 0.3 is 0 Å². The molecule has 0 radical (unpaired) electrons. The molecule has 2 heterocycles. The van der Waals surface area contributed by atoms with Crippen LogP contribution < -0.4 is 31.1 Å². The first kappa shape index (κ1) is 54.3. The molecule has 384 valence electrons. The summed E-state index contributed by atoms with van der Waals surface area (Å²) >= 11 is 0. The van der Waals surface area contributed by atoms with Crippen LogP contribution in [-0.4, -0.2) is 140 Å². The van der Waals surface area contributed by atoms with Crippen LogP contribution in [0.15, 0.2) is 106 Å². The Bertz CT molecular complexity index is 3190. The molecule has 0 fully saturated rings. The number of hydrogen-bond donors (Lipinski definition) is 11. The molecule has 25 nitrogen and oxygen atoms in total. The van der Waals surface area contributed by atoms with Crippen molar-refractivity contribution in [1.82, 2.24) is 29.9 Å². The van der Waals surface area contributed by atoms with Gasteiger partial charge in [-0.3, -0.25) is 13.7 Å². The standard InChI is InChI=1S/C44H52N12O13S3/c1-26(57)22-55(23-27(2)58)43-51-39(49-40(52-43)46-33-13-17-36(18-14-33)70(61,62)63)45-32-10-6-30(7-11-32)5-8-31-9-12-35(21-38(31)72(67,68)69)48-42-50-41(47-34-15-19-37(20-16-34)71(64,65)66)53-44(54-42)56(24-28(3)59)25-29(4)60/h5-21,26-29,57-60H,22-25H2,1-4H3,(H,61,62,63)(H,64,65,66)(H,67,68,69)(H2,45,46,49,51,52)(H2,47,48,50,53,54)/b8-5+. The molecule has 6 aromatic rings. The fourth-order valence-corrected chi connectivity index (χ4v) is 8.43. The van der Waals surface area contributed by atoms with Gasteiger partial charge < -0.3 is 51.5 Å². The topological polar surface area (TPSA) is 376 Å². The Hall–Kier alpha value is -6.99. The molecule has 4 atom stereocenters. The van der Waals surface area contributed by atoms with E-state index in [1.165, 1.54) is 73.4 Å². The Labute approximate surface area is 414 Å². The third-order valence-electron chi connectivity index (χ3n) is 9.74. The summed E-state index contributed by atoms with van der Waals surface area (Å²) in [7, 11) is -13.8. The number of nitrogens with zero attached hydrogens (tertiary/aromatic N) is 8. The molecule has 2 aromatic heterocycles. The molecule has 0 spiro atoms. The van der Waals surface area contributed by atoms with Crippen LogP contribution in [0.2, 0.25) is 0 Å². The van der Waals surface area contributed by atoms with Gasteiger partial charge in [-0.25, -0.2) is 0 Å². The smallest absolute Gasteiger partial charge is 0.295 e. The lowest BCUT2D eigenvalue weighted by atomic mass is 10.1. The zero-order chi connectivity index (χ0) is 52.5. The molecule has 28 heteroatoms. The summed E-state index contributed by atoms with van der Waals surface area (Å²) in [5.41, 5.74) is 1.97. The number of rotatable bonds is 23. The van der Waals surface area contributed by atoms with Gasteiger partial charge in [-0.1, -0.05) is 30.4 Å². The second kappa shape index (κ2) is 23.0. The Balaban J connectivity index is 1.25. The highest BCUT2D eigenvalue weighted by Crippen LogP contribution is 2.28. The third kappa shape index (κ3) is 16.0. The van der Waals surface area contributed by atoms with Gasteiger partial charge in [-0.15, -0.1) is 0 Å². The van der Waals surface area contributed by atoms with Gasteiger partial charge in [0.05, 0.1) is 34.2 Å². The number of aromatic nitrogens is 6. The number of nitrogens with one attached hydrogen (secondary N) is 4. The van der Waals surface area contributed by atoms with Crippen molar-refractivity contribution in [1.29, 1.82) is 0 Å². The van der Waals surface area contributed by atoms with E-state index < -0.39 is 59.7 Å². The quantitative estimate of drug-likeness (QED) is 0.0318. The maximum atomic E-state index is 12.8. The predicted octanol–water partition coefficient (Wildman–Crippen LogP) is 4.08. The van der Waals surface area contributed by atoms with E-state index in [9.17, 15) is 59.3 Å². The molecule has 11 N–H and O–H groups in total. The van der Waals surface area contributed by atoms with Crippen LogP contribution in [0.4, 0.5) is 58.4 Å². The third-order valence-corrected chi connectivity index (χ3v) is 12.4. The molecule has 4 aromatic carbocycles. The largest absolute Gasteiger partial charge is 0.392 e. The van der Waals surface area contributed by atoms with Crippen LogP contribution in [0.3, 0.4) is 0 Å². The Morgan fingerprint density at radius 3 is 1.08 bits per heavy atom. The molecule has 72 heavy (non-hydrogen) atoms. The average Bonchev–Trinajstić information content (AvgIpc) is 3.27. The summed E-state index contributed by atoms with van der Waals surface area (Å²) in [6.45, 7) is 6.24. The highest BCUT2D eigenvalue weighted by Gasteiger charge is 2.22. The fraction of sp³-hybridized carbons (Fsp3) is 0.273. The Morgan fingerprint density at radius 1 is 0.444 bits per heavy atom. The maximum Gasteiger partial charge on any atom is 0.295 e.